The van der Waals surface area contributed by atoms with Crippen LogP contribution in [0.4, 0.5) is 14.6 Å². The molecule has 0 radical (unpaired) electrons. The van der Waals surface area contributed by atoms with Crippen LogP contribution in [0.15, 0.2) is 17.1 Å². The predicted molar refractivity (Wildman–Crippen MR) is 116 cm³/mol. The third-order valence-electron chi connectivity index (χ3n) is 4.84. The van der Waals surface area contributed by atoms with Gasteiger partial charge in [-0.15, -0.1) is 0 Å². The SMILES string of the molecule is CNC(=O)[C@@H](NP(N)(=O)OCC1OC(n2ccc(NC(C)C)nc2=O)C(F)(F)[C@@H]1O)C(C)C. The molecule has 15 heteroatoms. The molecule has 2 heterocycles. The summed E-state index contributed by atoms with van der Waals surface area (Å²) in [5.41, 5.74) is 4.59. The van der Waals surface area contributed by atoms with Crippen LogP contribution < -0.4 is 26.9 Å². The molecule has 1 aromatic rings. The molecular weight excluding hydrogens is 465 g/mol. The number of nitrogens with zero attached hydrogens (tertiary/aromatic N) is 2. The first-order valence-corrected chi connectivity index (χ1v) is 12.0. The van der Waals surface area contributed by atoms with E-state index in [1.165, 1.54) is 13.1 Å². The van der Waals surface area contributed by atoms with Crippen molar-refractivity contribution in [3.63, 3.8) is 0 Å². The topological polar surface area (TPSA) is 170 Å². The number of aliphatic hydroxyl groups is 1. The Bertz CT molecular complexity index is 945. The van der Waals surface area contributed by atoms with Crippen molar-refractivity contribution in [2.45, 2.75) is 64.1 Å². The zero-order chi connectivity index (χ0) is 25.1. The van der Waals surface area contributed by atoms with Gasteiger partial charge in [-0.05, 0) is 25.8 Å². The number of nitrogens with one attached hydrogen (secondary N) is 3. The van der Waals surface area contributed by atoms with Crippen LogP contribution in [0.5, 0.6) is 0 Å². The maximum atomic E-state index is 14.7. The summed E-state index contributed by atoms with van der Waals surface area (Å²) in [6, 6.07) is 0.302. The second kappa shape index (κ2) is 10.5. The average Bonchev–Trinajstić information content (AvgIpc) is 2.93. The molecule has 12 nitrogen and oxygen atoms in total. The van der Waals surface area contributed by atoms with E-state index in [-0.39, 0.29) is 17.8 Å². The van der Waals surface area contributed by atoms with Crippen LogP contribution in [0.3, 0.4) is 0 Å². The van der Waals surface area contributed by atoms with Crippen LogP contribution in [0, 0.1) is 5.92 Å². The van der Waals surface area contributed by atoms with Gasteiger partial charge in [-0.2, -0.15) is 13.8 Å². The van der Waals surface area contributed by atoms with Gasteiger partial charge in [0.2, 0.25) is 12.1 Å². The molecule has 5 atom stereocenters. The number of ether oxygens (including phenoxy) is 1. The van der Waals surface area contributed by atoms with E-state index in [4.69, 9.17) is 14.8 Å². The lowest BCUT2D eigenvalue weighted by Gasteiger charge is -2.25. The number of hydrogen-bond acceptors (Lipinski definition) is 8. The van der Waals surface area contributed by atoms with E-state index in [2.05, 4.69) is 20.7 Å². The van der Waals surface area contributed by atoms with Gasteiger partial charge >= 0.3 is 19.3 Å². The number of anilines is 1. The fourth-order valence-corrected chi connectivity index (χ4v) is 4.40. The maximum absolute atomic E-state index is 14.7. The standard InChI is InChI=1S/C18H31F2N6O6P/c1-9(2)13(15(28)22-5)25-33(21,30)31-8-11-14(27)18(19,20)16(32-11)26-7-6-12(23-10(3)4)24-17(26)29/h6-7,9-11,13-14,16,27H,8H2,1-5H3,(H,22,28)(H3,21,25,30)(H,23,24,29)/t11?,13-,14+,16?,33?/m0/s1. The number of alkyl halides is 2. The number of halogens is 2. The van der Waals surface area contributed by atoms with E-state index in [1.54, 1.807) is 13.8 Å². The second-order valence-electron chi connectivity index (χ2n) is 8.31. The van der Waals surface area contributed by atoms with Gasteiger partial charge in [0.15, 0.2) is 6.10 Å². The average molecular weight is 496 g/mol. The van der Waals surface area contributed by atoms with E-state index in [0.29, 0.717) is 4.57 Å². The highest BCUT2D eigenvalue weighted by molar-refractivity contribution is 7.54. The van der Waals surface area contributed by atoms with Gasteiger partial charge in [0, 0.05) is 19.3 Å². The van der Waals surface area contributed by atoms with Crippen molar-refractivity contribution in [3.05, 3.63) is 22.7 Å². The largest absolute Gasteiger partial charge is 0.384 e. The summed E-state index contributed by atoms with van der Waals surface area (Å²) < 4.78 is 52.8. The van der Waals surface area contributed by atoms with E-state index >= 15 is 0 Å². The Balaban J connectivity index is 2.14. The zero-order valence-electron chi connectivity index (χ0n) is 19.0. The molecular formula is C18H31F2N6O6P. The Morgan fingerprint density at radius 3 is 2.58 bits per heavy atom. The third kappa shape index (κ3) is 6.55. The molecule has 6 N–H and O–H groups in total. The molecule has 1 aromatic heterocycles. The number of carbonyl (C=O) groups is 1. The minimum Gasteiger partial charge on any atom is -0.384 e. The van der Waals surface area contributed by atoms with Crippen LogP contribution in [0.2, 0.25) is 0 Å². The Morgan fingerprint density at radius 2 is 2.06 bits per heavy atom. The Kier molecular flexibility index (Phi) is 8.71. The van der Waals surface area contributed by atoms with Crippen molar-refractivity contribution < 1.29 is 32.5 Å². The van der Waals surface area contributed by atoms with Gasteiger partial charge in [0.1, 0.15) is 11.9 Å². The van der Waals surface area contributed by atoms with Crippen molar-refractivity contribution in [3.8, 4) is 0 Å². The van der Waals surface area contributed by atoms with E-state index in [0.717, 1.165) is 6.20 Å². The number of rotatable bonds is 10. The van der Waals surface area contributed by atoms with Crippen LogP contribution in [0.25, 0.3) is 0 Å². The number of amides is 1. The molecule has 1 aliphatic heterocycles. The summed E-state index contributed by atoms with van der Waals surface area (Å²) in [4.78, 5) is 27.9. The number of aliphatic hydroxyl groups excluding tert-OH is 1. The molecule has 0 bridgehead atoms. The number of nitrogens with two attached hydrogens (primary N) is 1. The van der Waals surface area contributed by atoms with Crippen molar-refractivity contribution in [1.82, 2.24) is 20.0 Å². The zero-order valence-corrected chi connectivity index (χ0v) is 19.9. The fraction of sp³-hybridized carbons (Fsp3) is 0.722. The molecule has 188 valence electrons. The van der Waals surface area contributed by atoms with Crippen LogP contribution in [-0.4, -0.2) is 64.4 Å². The summed E-state index contributed by atoms with van der Waals surface area (Å²) >= 11 is 0. The number of carbonyl (C=O) groups excluding carboxylic acids is 1. The minimum absolute atomic E-state index is 0.0421. The quantitative estimate of drug-likeness (QED) is 0.286. The number of likely N-dealkylation sites (N-methyl/N-ethyl adjacent to an activating group) is 1. The minimum atomic E-state index is -4.15. The summed E-state index contributed by atoms with van der Waals surface area (Å²) in [5.74, 6) is -4.51. The molecule has 1 aliphatic rings. The summed E-state index contributed by atoms with van der Waals surface area (Å²) in [5, 5.41) is 17.7. The third-order valence-corrected chi connectivity index (χ3v) is 6.01. The molecule has 1 amide bonds. The highest BCUT2D eigenvalue weighted by Gasteiger charge is 2.60. The highest BCUT2D eigenvalue weighted by Crippen LogP contribution is 2.44. The van der Waals surface area contributed by atoms with Gasteiger partial charge in [0.05, 0.1) is 12.6 Å². The molecule has 1 fully saturated rings. The number of aromatic nitrogens is 2. The van der Waals surface area contributed by atoms with Crippen molar-refractivity contribution in [1.29, 1.82) is 0 Å². The molecule has 0 aliphatic carbocycles. The highest BCUT2D eigenvalue weighted by atomic mass is 31.2. The molecule has 2 rings (SSSR count). The van der Waals surface area contributed by atoms with Gasteiger partial charge in [0.25, 0.3) is 0 Å². The lowest BCUT2D eigenvalue weighted by atomic mass is 10.1. The summed E-state index contributed by atoms with van der Waals surface area (Å²) in [6.45, 7) is 6.18. The molecule has 0 aromatic carbocycles. The molecule has 33 heavy (non-hydrogen) atoms. The number of hydrogen-bond donors (Lipinski definition) is 5. The lowest BCUT2D eigenvalue weighted by Crippen LogP contribution is -2.46. The van der Waals surface area contributed by atoms with Crippen LogP contribution in [0.1, 0.15) is 33.9 Å². The van der Waals surface area contributed by atoms with Crippen LogP contribution >= 0.6 is 7.67 Å². The Labute approximate surface area is 189 Å². The summed E-state index contributed by atoms with van der Waals surface area (Å²) in [6.07, 6.45) is -5.15. The van der Waals surface area contributed by atoms with Crippen molar-refractivity contribution >= 4 is 19.4 Å². The normalized spacial score (nSPS) is 25.1. The molecule has 3 unspecified atom stereocenters. The van der Waals surface area contributed by atoms with Gasteiger partial charge in [-0.25, -0.2) is 15.4 Å². The van der Waals surface area contributed by atoms with Gasteiger partial charge < -0.3 is 25.0 Å². The Hall–Kier alpha value is -1.96. The first kappa shape index (κ1) is 27.3. The van der Waals surface area contributed by atoms with E-state index in [9.17, 15) is 28.0 Å². The fourth-order valence-electron chi connectivity index (χ4n) is 3.15. The van der Waals surface area contributed by atoms with E-state index in [1.807, 2.05) is 13.8 Å². The lowest BCUT2D eigenvalue weighted by molar-refractivity contribution is -0.140. The first-order chi connectivity index (χ1) is 15.2. The predicted octanol–water partition coefficient (Wildman–Crippen LogP) is 0.401. The van der Waals surface area contributed by atoms with Crippen molar-refractivity contribution in [2.75, 3.05) is 19.0 Å². The molecule has 0 saturated carbocycles. The first-order valence-electron chi connectivity index (χ1n) is 10.3. The molecule has 0 spiro atoms. The monoisotopic (exact) mass is 496 g/mol. The molecule has 1 saturated heterocycles. The second-order valence-corrected chi connectivity index (χ2v) is 10.0. The smallest absolute Gasteiger partial charge is 0.351 e. The van der Waals surface area contributed by atoms with Crippen LogP contribution in [-0.2, 0) is 18.6 Å². The Morgan fingerprint density at radius 1 is 1.42 bits per heavy atom. The van der Waals surface area contributed by atoms with Crippen molar-refractivity contribution in [2.24, 2.45) is 11.4 Å². The van der Waals surface area contributed by atoms with Gasteiger partial charge in [-0.1, -0.05) is 13.8 Å². The summed E-state index contributed by atoms with van der Waals surface area (Å²) in [7, 11) is -2.76. The maximum Gasteiger partial charge on any atom is 0.351 e. The van der Waals surface area contributed by atoms with Gasteiger partial charge in [-0.3, -0.25) is 13.9 Å². The van der Waals surface area contributed by atoms with E-state index < -0.39 is 56.3 Å².